The number of nitrogens with zero attached hydrogens (tertiary/aromatic N) is 1. The number of hydrogen-bond acceptors (Lipinski definition) is 3. The predicted octanol–water partition coefficient (Wildman–Crippen LogP) is 5.47. The molecule has 1 amide bonds. The Morgan fingerprint density at radius 2 is 1.85 bits per heavy atom. The zero-order valence-corrected chi connectivity index (χ0v) is 15.5. The van der Waals surface area contributed by atoms with Crippen LogP contribution in [0, 0.1) is 6.92 Å². The third-order valence-corrected chi connectivity index (χ3v) is 4.82. The maximum Gasteiger partial charge on any atom is 0.258 e. The molecule has 3 nitrogen and oxygen atoms in total. The first kappa shape index (κ1) is 18.0. The Morgan fingerprint density at radius 3 is 2.46 bits per heavy atom. The van der Waals surface area contributed by atoms with Crippen molar-refractivity contribution in [1.29, 1.82) is 0 Å². The Labute approximate surface area is 158 Å². The van der Waals surface area contributed by atoms with Crippen molar-refractivity contribution >= 4 is 22.9 Å². The Kier molecular flexibility index (Phi) is 5.87. The molecule has 4 heteroatoms. The summed E-state index contributed by atoms with van der Waals surface area (Å²) in [7, 11) is 0. The monoisotopic (exact) mass is 363 g/mol. The quantitative estimate of drug-likeness (QED) is 0.521. The molecule has 2 aromatic carbocycles. The van der Waals surface area contributed by atoms with Crippen molar-refractivity contribution in [2.24, 2.45) is 0 Å². The molecule has 132 valence electrons. The van der Waals surface area contributed by atoms with Gasteiger partial charge in [-0.2, -0.15) is 0 Å². The number of carbonyl (C=O) groups excluding carboxylic acids is 1. The number of amides is 1. The van der Waals surface area contributed by atoms with Gasteiger partial charge in [-0.25, -0.2) is 0 Å². The molecule has 0 aliphatic rings. The predicted molar refractivity (Wildman–Crippen MR) is 108 cm³/mol. The highest BCUT2D eigenvalue weighted by Gasteiger charge is 2.18. The molecule has 0 saturated carbocycles. The Hall–Kier alpha value is -2.85. The fourth-order valence-corrected chi connectivity index (χ4v) is 3.26. The molecule has 0 bridgehead atoms. The molecular formula is C22H21NO2S. The van der Waals surface area contributed by atoms with Gasteiger partial charge in [0.1, 0.15) is 12.4 Å². The topological polar surface area (TPSA) is 29.5 Å². The summed E-state index contributed by atoms with van der Waals surface area (Å²) in [4.78, 5) is 16.1. The van der Waals surface area contributed by atoms with Crippen LogP contribution in [0.25, 0.3) is 0 Å². The highest BCUT2D eigenvalue weighted by Crippen LogP contribution is 2.23. The van der Waals surface area contributed by atoms with Crippen molar-refractivity contribution in [3.05, 3.63) is 94.7 Å². The van der Waals surface area contributed by atoms with Crippen molar-refractivity contribution in [2.75, 3.05) is 11.5 Å². The molecule has 0 fully saturated rings. The third-order valence-electron chi connectivity index (χ3n) is 3.95. The first-order valence-electron chi connectivity index (χ1n) is 8.42. The van der Waals surface area contributed by atoms with E-state index in [0.29, 0.717) is 18.7 Å². The van der Waals surface area contributed by atoms with E-state index in [4.69, 9.17) is 4.74 Å². The highest BCUT2D eigenvalue weighted by molar-refractivity contribution is 7.09. The number of rotatable bonds is 7. The second-order valence-corrected chi connectivity index (χ2v) is 6.96. The Bertz CT molecular complexity index is 852. The van der Waals surface area contributed by atoms with Crippen molar-refractivity contribution in [3.8, 4) is 5.75 Å². The van der Waals surface area contributed by atoms with E-state index in [1.54, 1.807) is 29.5 Å². The molecule has 0 saturated heterocycles. The van der Waals surface area contributed by atoms with Gasteiger partial charge >= 0.3 is 0 Å². The number of anilines is 1. The van der Waals surface area contributed by atoms with Crippen LogP contribution in [-0.4, -0.2) is 12.5 Å². The van der Waals surface area contributed by atoms with Gasteiger partial charge < -0.3 is 9.64 Å². The van der Waals surface area contributed by atoms with E-state index in [-0.39, 0.29) is 5.91 Å². The van der Waals surface area contributed by atoms with E-state index in [2.05, 4.69) is 6.58 Å². The maximum atomic E-state index is 13.2. The van der Waals surface area contributed by atoms with Gasteiger partial charge in [-0.3, -0.25) is 4.79 Å². The largest absolute Gasteiger partial charge is 0.490 e. The van der Waals surface area contributed by atoms with Crippen LogP contribution in [0.15, 0.2) is 78.7 Å². The molecular weight excluding hydrogens is 342 g/mol. The molecule has 1 aromatic heterocycles. The fourth-order valence-electron chi connectivity index (χ4n) is 2.57. The summed E-state index contributed by atoms with van der Waals surface area (Å²) in [5.74, 6) is 0.694. The number of hydrogen-bond donors (Lipinski definition) is 0. The van der Waals surface area contributed by atoms with E-state index in [0.717, 1.165) is 16.3 Å². The van der Waals surface area contributed by atoms with Crippen molar-refractivity contribution in [3.63, 3.8) is 0 Å². The molecule has 0 radical (unpaired) electrons. The van der Waals surface area contributed by atoms with E-state index in [9.17, 15) is 4.79 Å². The average molecular weight is 363 g/mol. The van der Waals surface area contributed by atoms with Gasteiger partial charge in [-0.05, 0) is 54.8 Å². The molecule has 1 heterocycles. The van der Waals surface area contributed by atoms with Crippen LogP contribution in [0.1, 0.15) is 20.8 Å². The first-order chi connectivity index (χ1) is 12.7. The molecule has 0 unspecified atom stereocenters. The van der Waals surface area contributed by atoms with Crippen LogP contribution < -0.4 is 9.64 Å². The Morgan fingerprint density at radius 1 is 1.12 bits per heavy atom. The zero-order valence-electron chi connectivity index (χ0n) is 14.7. The van der Waals surface area contributed by atoms with Crippen LogP contribution in [0.2, 0.25) is 0 Å². The summed E-state index contributed by atoms with van der Waals surface area (Å²) in [6.45, 7) is 6.67. The van der Waals surface area contributed by atoms with Crippen molar-refractivity contribution in [1.82, 2.24) is 0 Å². The van der Waals surface area contributed by atoms with E-state index in [1.807, 2.05) is 65.7 Å². The van der Waals surface area contributed by atoms with Gasteiger partial charge in [-0.15, -0.1) is 11.3 Å². The summed E-state index contributed by atoms with van der Waals surface area (Å²) >= 11 is 1.65. The molecule has 0 aliphatic heterocycles. The molecule has 26 heavy (non-hydrogen) atoms. The van der Waals surface area contributed by atoms with Crippen LogP contribution in [0.5, 0.6) is 5.75 Å². The number of aryl methyl sites for hydroxylation is 1. The summed E-state index contributed by atoms with van der Waals surface area (Å²) in [6, 6.07) is 19.3. The summed E-state index contributed by atoms with van der Waals surface area (Å²) in [5.41, 5.74) is 2.69. The van der Waals surface area contributed by atoms with Gasteiger partial charge in [0.2, 0.25) is 0 Å². The molecule has 0 spiro atoms. The molecule has 3 aromatic rings. The minimum absolute atomic E-state index is 0.0301. The number of ether oxygens (including phenoxy) is 1. The standard InChI is InChI=1S/C22H21NO2S/c1-3-14-25-20-12-8-18(9-13-20)22(24)23(16-21-5-4-15-26-21)19-10-6-17(2)7-11-19/h3-13,15H,1,14,16H2,2H3. The summed E-state index contributed by atoms with van der Waals surface area (Å²) in [5, 5.41) is 2.03. The second kappa shape index (κ2) is 8.50. The minimum Gasteiger partial charge on any atom is -0.490 e. The van der Waals surface area contributed by atoms with Gasteiger partial charge in [0.25, 0.3) is 5.91 Å². The van der Waals surface area contributed by atoms with E-state index in [1.165, 1.54) is 5.56 Å². The van der Waals surface area contributed by atoms with Crippen molar-refractivity contribution in [2.45, 2.75) is 13.5 Å². The molecule has 0 N–H and O–H groups in total. The van der Waals surface area contributed by atoms with E-state index >= 15 is 0 Å². The Balaban J connectivity index is 1.86. The lowest BCUT2D eigenvalue weighted by Crippen LogP contribution is -2.30. The summed E-state index contributed by atoms with van der Waals surface area (Å²) in [6.07, 6.45) is 1.69. The molecule has 0 atom stereocenters. The van der Waals surface area contributed by atoms with Crippen molar-refractivity contribution < 1.29 is 9.53 Å². The van der Waals surface area contributed by atoms with E-state index < -0.39 is 0 Å². The van der Waals surface area contributed by atoms with Crippen LogP contribution in [-0.2, 0) is 6.54 Å². The average Bonchev–Trinajstić information content (AvgIpc) is 3.18. The third kappa shape index (κ3) is 4.41. The highest BCUT2D eigenvalue weighted by atomic mass is 32.1. The molecule has 3 rings (SSSR count). The van der Waals surface area contributed by atoms with Crippen LogP contribution in [0.3, 0.4) is 0 Å². The normalized spacial score (nSPS) is 10.3. The number of carbonyl (C=O) groups is 1. The van der Waals surface area contributed by atoms with Gasteiger partial charge in [-0.1, -0.05) is 36.4 Å². The lowest BCUT2D eigenvalue weighted by atomic mass is 10.1. The lowest BCUT2D eigenvalue weighted by Gasteiger charge is -2.23. The van der Waals surface area contributed by atoms with Gasteiger partial charge in [0, 0.05) is 16.1 Å². The van der Waals surface area contributed by atoms with Crippen LogP contribution in [0.4, 0.5) is 5.69 Å². The lowest BCUT2D eigenvalue weighted by molar-refractivity contribution is 0.0985. The number of thiophene rings is 1. The molecule has 0 aliphatic carbocycles. The summed E-state index contributed by atoms with van der Waals surface area (Å²) < 4.78 is 5.49. The minimum atomic E-state index is -0.0301. The van der Waals surface area contributed by atoms with Gasteiger partial charge in [0.15, 0.2) is 0 Å². The SMILES string of the molecule is C=CCOc1ccc(C(=O)N(Cc2cccs2)c2ccc(C)cc2)cc1. The first-order valence-corrected chi connectivity index (χ1v) is 9.30. The van der Waals surface area contributed by atoms with Gasteiger partial charge in [0.05, 0.1) is 6.54 Å². The van der Waals surface area contributed by atoms with Crippen LogP contribution >= 0.6 is 11.3 Å². The zero-order chi connectivity index (χ0) is 18.4. The second-order valence-electron chi connectivity index (χ2n) is 5.93. The number of benzene rings is 2. The smallest absolute Gasteiger partial charge is 0.258 e. The maximum absolute atomic E-state index is 13.2. The fraction of sp³-hybridized carbons (Fsp3) is 0.136.